The standard InChI is InChI=1S/C13H14BrN3O/c1-8-5-16-11(9(2)13(8)15)7-17-6-10(14)3-4-12(17)18/h3-6H,7H2,1-2H3,(H2,15,16). The van der Waals surface area contributed by atoms with E-state index in [1.54, 1.807) is 23.0 Å². The van der Waals surface area contributed by atoms with E-state index in [1.165, 1.54) is 6.07 Å². The molecule has 0 unspecified atom stereocenters. The van der Waals surface area contributed by atoms with Gasteiger partial charge >= 0.3 is 0 Å². The summed E-state index contributed by atoms with van der Waals surface area (Å²) in [6.07, 6.45) is 3.49. The maximum atomic E-state index is 11.7. The van der Waals surface area contributed by atoms with Crippen molar-refractivity contribution in [2.45, 2.75) is 20.4 Å². The van der Waals surface area contributed by atoms with E-state index < -0.39 is 0 Å². The molecule has 0 bridgehead atoms. The van der Waals surface area contributed by atoms with Crippen LogP contribution in [0.3, 0.4) is 0 Å². The first-order valence-electron chi connectivity index (χ1n) is 5.55. The molecular formula is C13H14BrN3O. The number of nitrogens with two attached hydrogens (primary N) is 1. The van der Waals surface area contributed by atoms with Gasteiger partial charge in [-0.25, -0.2) is 0 Å². The zero-order valence-corrected chi connectivity index (χ0v) is 11.9. The molecule has 2 heterocycles. The molecule has 0 aliphatic rings. The third kappa shape index (κ3) is 2.46. The van der Waals surface area contributed by atoms with Gasteiger partial charge in [-0.05, 0) is 47.0 Å². The summed E-state index contributed by atoms with van der Waals surface area (Å²) < 4.78 is 2.47. The molecular weight excluding hydrogens is 294 g/mol. The Hall–Kier alpha value is -1.62. The fourth-order valence-corrected chi connectivity index (χ4v) is 2.12. The summed E-state index contributed by atoms with van der Waals surface area (Å²) in [5.74, 6) is 0. The van der Waals surface area contributed by atoms with Crippen LogP contribution in [0.5, 0.6) is 0 Å². The number of anilines is 1. The Bertz CT molecular complexity index is 649. The fraction of sp³-hybridized carbons (Fsp3) is 0.231. The molecule has 0 aliphatic heterocycles. The Morgan fingerprint density at radius 3 is 2.83 bits per heavy atom. The largest absolute Gasteiger partial charge is 0.398 e. The average molecular weight is 308 g/mol. The third-order valence-corrected chi connectivity index (χ3v) is 3.41. The summed E-state index contributed by atoms with van der Waals surface area (Å²) in [6.45, 7) is 4.27. The summed E-state index contributed by atoms with van der Waals surface area (Å²) in [5.41, 5.74) is 9.36. The molecule has 0 aliphatic carbocycles. The van der Waals surface area contributed by atoms with Gasteiger partial charge in [-0.1, -0.05) is 0 Å². The number of rotatable bonds is 2. The number of nitrogen functional groups attached to an aromatic ring is 1. The van der Waals surface area contributed by atoms with E-state index in [0.29, 0.717) is 6.54 Å². The predicted octanol–water partition coefficient (Wildman–Crippen LogP) is 2.25. The van der Waals surface area contributed by atoms with E-state index in [-0.39, 0.29) is 5.56 Å². The van der Waals surface area contributed by atoms with Crippen molar-refractivity contribution in [2.24, 2.45) is 0 Å². The molecule has 0 aromatic carbocycles. The minimum atomic E-state index is -0.0569. The lowest BCUT2D eigenvalue weighted by molar-refractivity contribution is 0.731. The smallest absolute Gasteiger partial charge is 0.250 e. The van der Waals surface area contributed by atoms with Crippen LogP contribution in [0.4, 0.5) is 5.69 Å². The number of pyridine rings is 2. The molecule has 0 amide bonds. The zero-order valence-electron chi connectivity index (χ0n) is 10.3. The second kappa shape index (κ2) is 4.94. The van der Waals surface area contributed by atoms with E-state index in [1.807, 2.05) is 13.8 Å². The van der Waals surface area contributed by atoms with Crippen LogP contribution in [0.15, 0.2) is 33.8 Å². The van der Waals surface area contributed by atoms with Gasteiger partial charge in [0.15, 0.2) is 0 Å². The molecule has 18 heavy (non-hydrogen) atoms. The van der Waals surface area contributed by atoms with Crippen molar-refractivity contribution >= 4 is 21.6 Å². The topological polar surface area (TPSA) is 60.9 Å². The van der Waals surface area contributed by atoms with Crippen LogP contribution >= 0.6 is 15.9 Å². The molecule has 0 saturated heterocycles. The van der Waals surface area contributed by atoms with Crippen molar-refractivity contribution in [2.75, 3.05) is 5.73 Å². The monoisotopic (exact) mass is 307 g/mol. The molecule has 2 N–H and O–H groups in total. The van der Waals surface area contributed by atoms with Crippen LogP contribution in [0.25, 0.3) is 0 Å². The van der Waals surface area contributed by atoms with E-state index in [4.69, 9.17) is 5.73 Å². The number of halogens is 1. The Kier molecular flexibility index (Phi) is 3.52. The minimum absolute atomic E-state index is 0.0569. The van der Waals surface area contributed by atoms with Crippen molar-refractivity contribution in [1.82, 2.24) is 9.55 Å². The quantitative estimate of drug-likeness (QED) is 0.925. The van der Waals surface area contributed by atoms with Crippen LogP contribution in [0.2, 0.25) is 0 Å². The second-order valence-electron chi connectivity index (χ2n) is 4.24. The summed E-state index contributed by atoms with van der Waals surface area (Å²) in [5, 5.41) is 0. The molecule has 0 radical (unpaired) electrons. The Morgan fingerprint density at radius 2 is 2.11 bits per heavy atom. The van der Waals surface area contributed by atoms with Gasteiger partial charge in [0, 0.05) is 28.6 Å². The lowest BCUT2D eigenvalue weighted by atomic mass is 10.1. The van der Waals surface area contributed by atoms with Crippen molar-refractivity contribution in [3.63, 3.8) is 0 Å². The van der Waals surface area contributed by atoms with Crippen molar-refractivity contribution in [1.29, 1.82) is 0 Å². The summed E-state index contributed by atoms with van der Waals surface area (Å²) in [4.78, 5) is 16.1. The van der Waals surface area contributed by atoms with Gasteiger partial charge in [0.05, 0.1) is 12.2 Å². The van der Waals surface area contributed by atoms with E-state index in [0.717, 1.165) is 27.0 Å². The highest BCUT2D eigenvalue weighted by atomic mass is 79.9. The van der Waals surface area contributed by atoms with E-state index >= 15 is 0 Å². The molecule has 2 aromatic rings. The average Bonchev–Trinajstić information content (AvgIpc) is 2.34. The molecule has 5 heteroatoms. The van der Waals surface area contributed by atoms with Crippen molar-refractivity contribution in [3.05, 3.63) is 56.2 Å². The van der Waals surface area contributed by atoms with Crippen LogP contribution < -0.4 is 11.3 Å². The summed E-state index contributed by atoms with van der Waals surface area (Å²) in [6, 6.07) is 3.25. The Morgan fingerprint density at radius 1 is 1.39 bits per heavy atom. The van der Waals surface area contributed by atoms with Gasteiger partial charge in [-0.3, -0.25) is 9.78 Å². The lowest BCUT2D eigenvalue weighted by Gasteiger charge is -2.11. The number of nitrogens with zero attached hydrogens (tertiary/aromatic N) is 2. The van der Waals surface area contributed by atoms with Crippen LogP contribution in [0, 0.1) is 13.8 Å². The zero-order chi connectivity index (χ0) is 13.3. The van der Waals surface area contributed by atoms with Crippen LogP contribution in [-0.2, 0) is 6.54 Å². The molecule has 94 valence electrons. The first-order chi connectivity index (χ1) is 8.49. The van der Waals surface area contributed by atoms with Gasteiger partial charge in [0.1, 0.15) is 0 Å². The van der Waals surface area contributed by atoms with Crippen LogP contribution in [0.1, 0.15) is 16.8 Å². The van der Waals surface area contributed by atoms with E-state index in [9.17, 15) is 4.79 Å². The Balaban J connectivity index is 2.43. The number of aromatic nitrogens is 2. The number of hydrogen-bond donors (Lipinski definition) is 1. The van der Waals surface area contributed by atoms with Gasteiger partial charge in [-0.2, -0.15) is 0 Å². The molecule has 4 nitrogen and oxygen atoms in total. The van der Waals surface area contributed by atoms with Crippen LogP contribution in [-0.4, -0.2) is 9.55 Å². The first kappa shape index (κ1) is 12.8. The highest BCUT2D eigenvalue weighted by Crippen LogP contribution is 2.18. The molecule has 0 spiro atoms. The highest BCUT2D eigenvalue weighted by molar-refractivity contribution is 9.10. The molecule has 0 fully saturated rings. The third-order valence-electron chi connectivity index (χ3n) is 2.94. The normalized spacial score (nSPS) is 10.6. The summed E-state index contributed by atoms with van der Waals surface area (Å²) in [7, 11) is 0. The molecule has 2 rings (SSSR count). The Labute approximate surface area is 114 Å². The summed E-state index contributed by atoms with van der Waals surface area (Å²) >= 11 is 3.35. The minimum Gasteiger partial charge on any atom is -0.398 e. The first-order valence-corrected chi connectivity index (χ1v) is 6.35. The fourth-order valence-electron chi connectivity index (χ4n) is 1.74. The van der Waals surface area contributed by atoms with Gasteiger partial charge in [0.25, 0.3) is 5.56 Å². The van der Waals surface area contributed by atoms with E-state index in [2.05, 4.69) is 20.9 Å². The van der Waals surface area contributed by atoms with Gasteiger partial charge in [0.2, 0.25) is 0 Å². The number of aryl methyl sites for hydroxylation is 1. The maximum Gasteiger partial charge on any atom is 0.250 e. The molecule has 0 saturated carbocycles. The lowest BCUT2D eigenvalue weighted by Crippen LogP contribution is -2.20. The van der Waals surface area contributed by atoms with Gasteiger partial charge < -0.3 is 10.3 Å². The highest BCUT2D eigenvalue weighted by Gasteiger charge is 2.07. The predicted molar refractivity (Wildman–Crippen MR) is 75.6 cm³/mol. The van der Waals surface area contributed by atoms with Gasteiger partial charge in [-0.15, -0.1) is 0 Å². The van der Waals surface area contributed by atoms with Crippen molar-refractivity contribution in [3.8, 4) is 0 Å². The SMILES string of the molecule is Cc1cnc(Cn2cc(Br)ccc2=O)c(C)c1N. The maximum absolute atomic E-state index is 11.7. The number of hydrogen-bond acceptors (Lipinski definition) is 3. The molecule has 2 aromatic heterocycles. The van der Waals surface area contributed by atoms with Crippen molar-refractivity contribution < 1.29 is 0 Å². The second-order valence-corrected chi connectivity index (χ2v) is 5.16. The molecule has 0 atom stereocenters.